The Kier molecular flexibility index (Phi) is 7.25. The van der Waals surface area contributed by atoms with Crippen molar-refractivity contribution in [1.82, 2.24) is 10.4 Å². The van der Waals surface area contributed by atoms with Gasteiger partial charge >= 0.3 is 0 Å². The van der Waals surface area contributed by atoms with Crippen molar-refractivity contribution in [2.75, 3.05) is 10.2 Å². The molecule has 26 heavy (non-hydrogen) atoms. The minimum Gasteiger partial charge on any atom is -0.256 e. The van der Waals surface area contributed by atoms with Gasteiger partial charge in [0.1, 0.15) is 0 Å². The van der Waals surface area contributed by atoms with Crippen LogP contribution in [-0.2, 0) is 0 Å². The predicted molar refractivity (Wildman–Crippen MR) is 115 cm³/mol. The second-order valence-electron chi connectivity index (χ2n) is 5.50. The van der Waals surface area contributed by atoms with Crippen LogP contribution in [0.15, 0.2) is 65.8 Å². The van der Waals surface area contributed by atoms with E-state index in [4.69, 9.17) is 5.10 Å². The number of benzene rings is 2. The van der Waals surface area contributed by atoms with Crippen molar-refractivity contribution in [2.24, 2.45) is 5.10 Å². The SMILES string of the molecule is Br.Cc1nc(N2NC(c3ccccc3)=NN2c2ccccc2)sc1C.[Na]. The van der Waals surface area contributed by atoms with E-state index < -0.39 is 0 Å². The van der Waals surface area contributed by atoms with Gasteiger partial charge in [-0.25, -0.2) is 4.98 Å². The number of para-hydroxylation sites is 1. The molecule has 1 aromatic heterocycles. The summed E-state index contributed by atoms with van der Waals surface area (Å²) in [5, 5.41) is 9.36. The summed E-state index contributed by atoms with van der Waals surface area (Å²) in [6.45, 7) is 4.11. The number of rotatable bonds is 3. The van der Waals surface area contributed by atoms with Gasteiger partial charge in [-0.05, 0) is 26.0 Å². The number of hydrazone groups is 1. The van der Waals surface area contributed by atoms with Gasteiger partial charge in [-0.3, -0.25) is 5.43 Å². The molecule has 1 aliphatic rings. The molecule has 129 valence electrons. The number of nitrogens with zero attached hydrogens (tertiary/aromatic N) is 4. The summed E-state index contributed by atoms with van der Waals surface area (Å²) in [4.78, 5) is 5.86. The number of amidine groups is 1. The number of aryl methyl sites for hydroxylation is 2. The average molecular weight is 439 g/mol. The van der Waals surface area contributed by atoms with E-state index in [1.807, 2.05) is 77.8 Å². The van der Waals surface area contributed by atoms with Gasteiger partial charge in [-0.15, -0.1) is 32.3 Å². The topological polar surface area (TPSA) is 43.8 Å². The summed E-state index contributed by atoms with van der Waals surface area (Å²) in [6, 6.07) is 20.1. The van der Waals surface area contributed by atoms with Gasteiger partial charge in [0.05, 0.1) is 11.4 Å². The Morgan fingerprint density at radius 1 is 0.923 bits per heavy atom. The predicted octanol–water partition coefficient (Wildman–Crippen LogP) is 4.07. The van der Waals surface area contributed by atoms with Crippen molar-refractivity contribution >= 4 is 74.5 Å². The summed E-state index contributed by atoms with van der Waals surface area (Å²) >= 11 is 1.64. The molecule has 4 rings (SSSR count). The van der Waals surface area contributed by atoms with E-state index in [1.165, 1.54) is 4.88 Å². The van der Waals surface area contributed by atoms with Gasteiger partial charge in [0.25, 0.3) is 0 Å². The number of hydrogen-bond acceptors (Lipinski definition) is 6. The third-order valence-electron chi connectivity index (χ3n) is 3.83. The van der Waals surface area contributed by atoms with E-state index in [1.54, 1.807) is 11.3 Å². The third-order valence-corrected chi connectivity index (χ3v) is 4.88. The quantitative estimate of drug-likeness (QED) is 0.626. The van der Waals surface area contributed by atoms with Crippen molar-refractivity contribution in [3.05, 3.63) is 76.8 Å². The number of hydrazine groups is 2. The zero-order valence-corrected chi connectivity index (χ0v) is 19.4. The Balaban J connectivity index is 0.00000121. The number of hydrogen-bond donors (Lipinski definition) is 1. The molecule has 2 aromatic carbocycles. The summed E-state index contributed by atoms with van der Waals surface area (Å²) in [6.07, 6.45) is 0. The van der Waals surface area contributed by atoms with Gasteiger partial charge in [0, 0.05) is 40.0 Å². The molecule has 8 heteroatoms. The molecule has 3 aromatic rings. The Labute approximate surface area is 189 Å². The summed E-state index contributed by atoms with van der Waals surface area (Å²) in [5.41, 5.74) is 6.42. The normalized spacial score (nSPS) is 12.8. The Bertz CT molecular complexity index is 866. The zero-order chi connectivity index (χ0) is 16.5. The van der Waals surface area contributed by atoms with Gasteiger partial charge < -0.3 is 0 Å². The largest absolute Gasteiger partial charge is 0.256 e. The van der Waals surface area contributed by atoms with Crippen LogP contribution in [0.2, 0.25) is 0 Å². The average Bonchev–Trinajstić information content (AvgIpc) is 3.21. The smallest absolute Gasteiger partial charge is 0.228 e. The molecule has 0 amide bonds. The van der Waals surface area contributed by atoms with Crippen LogP contribution in [0.1, 0.15) is 16.1 Å². The number of thiazole rings is 1. The van der Waals surface area contributed by atoms with E-state index in [2.05, 4.69) is 17.3 Å². The van der Waals surface area contributed by atoms with Gasteiger partial charge in [0.2, 0.25) is 5.13 Å². The molecule has 1 radical (unpaired) electrons. The fourth-order valence-corrected chi connectivity index (χ4v) is 3.30. The molecule has 0 saturated heterocycles. The Hall–Kier alpha value is -1.38. The molecular formula is C18H18BrN5NaS. The van der Waals surface area contributed by atoms with Crippen LogP contribution < -0.4 is 15.7 Å². The van der Waals surface area contributed by atoms with Crippen molar-refractivity contribution in [2.45, 2.75) is 13.8 Å². The number of halogens is 1. The molecule has 0 spiro atoms. The van der Waals surface area contributed by atoms with Crippen molar-refractivity contribution in [3.8, 4) is 0 Å². The molecule has 0 saturated carbocycles. The monoisotopic (exact) mass is 438 g/mol. The second-order valence-corrected chi connectivity index (χ2v) is 6.68. The molecule has 0 atom stereocenters. The molecule has 5 nitrogen and oxygen atoms in total. The number of anilines is 2. The molecule has 2 heterocycles. The maximum atomic E-state index is 4.76. The Morgan fingerprint density at radius 3 is 2.12 bits per heavy atom. The maximum Gasteiger partial charge on any atom is 0.228 e. The van der Waals surface area contributed by atoms with Gasteiger partial charge in [-0.2, -0.15) is 0 Å². The van der Waals surface area contributed by atoms with Crippen LogP contribution in [0.5, 0.6) is 0 Å². The van der Waals surface area contributed by atoms with E-state index >= 15 is 0 Å². The van der Waals surface area contributed by atoms with Crippen LogP contribution in [0, 0.1) is 13.8 Å². The third kappa shape index (κ3) is 4.13. The fraction of sp³-hybridized carbons (Fsp3) is 0.111. The molecular weight excluding hydrogens is 421 g/mol. The standard InChI is InChI=1S/C18H17N5S.BrH.Na/c1-13-14(2)24-18(19-13)23-21-17(15-9-5-3-6-10-15)20-22(23)16-11-7-4-8-12-16;;/h3-12H,1-2H3,(H,20,21);1H;. The first-order chi connectivity index (χ1) is 11.7. The number of nitrogens with one attached hydrogen (secondary N) is 1. The fourth-order valence-electron chi connectivity index (χ4n) is 2.44. The van der Waals surface area contributed by atoms with Crippen LogP contribution in [0.3, 0.4) is 0 Å². The molecule has 0 bridgehead atoms. The van der Waals surface area contributed by atoms with Crippen molar-refractivity contribution in [3.63, 3.8) is 0 Å². The van der Waals surface area contributed by atoms with Crippen LogP contribution >= 0.6 is 28.3 Å². The first kappa shape index (κ1) is 20.9. The molecule has 1 N–H and O–H groups in total. The molecule has 0 unspecified atom stereocenters. The van der Waals surface area contributed by atoms with Gasteiger partial charge in [0.15, 0.2) is 5.84 Å². The summed E-state index contributed by atoms with van der Waals surface area (Å²) in [7, 11) is 0. The van der Waals surface area contributed by atoms with Crippen molar-refractivity contribution < 1.29 is 0 Å². The minimum atomic E-state index is 0. The van der Waals surface area contributed by atoms with Crippen LogP contribution in [0.25, 0.3) is 0 Å². The molecule has 0 fully saturated rings. The summed E-state index contributed by atoms with van der Waals surface area (Å²) < 4.78 is 0. The second kappa shape index (κ2) is 9.01. The first-order valence-electron chi connectivity index (χ1n) is 7.72. The number of aromatic nitrogens is 1. The van der Waals surface area contributed by atoms with Crippen molar-refractivity contribution in [1.29, 1.82) is 0 Å². The first-order valence-corrected chi connectivity index (χ1v) is 8.54. The molecule has 1 aliphatic heterocycles. The van der Waals surface area contributed by atoms with Gasteiger partial charge in [-0.1, -0.05) is 59.9 Å². The van der Waals surface area contributed by atoms with Crippen LogP contribution in [-0.4, -0.2) is 40.4 Å². The molecule has 0 aliphatic carbocycles. The summed E-state index contributed by atoms with van der Waals surface area (Å²) in [5.74, 6) is 0.796. The van der Waals surface area contributed by atoms with Crippen LogP contribution in [0.4, 0.5) is 10.8 Å². The van der Waals surface area contributed by atoms with E-state index in [9.17, 15) is 0 Å². The minimum absolute atomic E-state index is 0. The maximum absolute atomic E-state index is 4.76. The van der Waals surface area contributed by atoms with E-state index in [-0.39, 0.29) is 46.5 Å². The van der Waals surface area contributed by atoms with E-state index in [0.717, 1.165) is 27.9 Å². The zero-order valence-electron chi connectivity index (χ0n) is 14.9. The Morgan fingerprint density at radius 2 is 1.54 bits per heavy atom. The van der Waals surface area contributed by atoms with E-state index in [0.29, 0.717) is 0 Å².